The molecule has 1 saturated heterocycles. The van der Waals surface area contributed by atoms with E-state index in [4.69, 9.17) is 9.47 Å². The Labute approximate surface area is 153 Å². The molecule has 0 radical (unpaired) electrons. The summed E-state index contributed by atoms with van der Waals surface area (Å²) in [6.07, 6.45) is 1.77. The van der Waals surface area contributed by atoms with Crippen molar-refractivity contribution in [2.24, 2.45) is 0 Å². The van der Waals surface area contributed by atoms with E-state index in [0.29, 0.717) is 18.7 Å². The Bertz CT molecular complexity index is 854. The zero-order chi connectivity index (χ0) is 18.6. The molecule has 1 heterocycles. The first-order chi connectivity index (χ1) is 12.5. The molecular weight excluding hydrogens is 354 g/mol. The Morgan fingerprint density at radius 1 is 1.00 bits per heavy atom. The van der Waals surface area contributed by atoms with E-state index in [1.165, 1.54) is 28.6 Å². The summed E-state index contributed by atoms with van der Waals surface area (Å²) in [7, 11) is -1.89. The lowest BCUT2D eigenvalue weighted by molar-refractivity contribution is 0.0472. The van der Waals surface area contributed by atoms with Crippen LogP contribution < -0.4 is 4.74 Å². The van der Waals surface area contributed by atoms with Gasteiger partial charge in [-0.1, -0.05) is 12.1 Å². The molecule has 1 aliphatic heterocycles. The highest BCUT2D eigenvalue weighted by molar-refractivity contribution is 7.89. The van der Waals surface area contributed by atoms with Crippen LogP contribution in [0.15, 0.2) is 53.4 Å². The van der Waals surface area contributed by atoms with Crippen LogP contribution in [0.4, 0.5) is 0 Å². The number of ether oxygens (including phenoxy) is 2. The van der Waals surface area contributed by atoms with E-state index >= 15 is 0 Å². The fraction of sp³-hybridized carbons (Fsp3) is 0.316. The molecule has 0 unspecified atom stereocenters. The van der Waals surface area contributed by atoms with E-state index in [-0.39, 0.29) is 11.5 Å². The Kier molecular flexibility index (Phi) is 5.58. The summed E-state index contributed by atoms with van der Waals surface area (Å²) in [6.45, 7) is 1.23. The molecule has 0 aliphatic carbocycles. The van der Waals surface area contributed by atoms with Crippen LogP contribution in [-0.4, -0.2) is 38.9 Å². The van der Waals surface area contributed by atoms with E-state index in [0.717, 1.165) is 24.2 Å². The number of sulfonamides is 1. The van der Waals surface area contributed by atoms with Gasteiger partial charge in [0.1, 0.15) is 12.4 Å². The van der Waals surface area contributed by atoms with Crippen LogP contribution in [0, 0.1) is 0 Å². The van der Waals surface area contributed by atoms with Crippen LogP contribution in [0.1, 0.15) is 28.8 Å². The van der Waals surface area contributed by atoms with E-state index in [1.54, 1.807) is 19.2 Å². The van der Waals surface area contributed by atoms with Gasteiger partial charge >= 0.3 is 5.97 Å². The third-order valence-electron chi connectivity index (χ3n) is 4.32. The molecule has 0 spiro atoms. The van der Waals surface area contributed by atoms with Crippen molar-refractivity contribution in [1.29, 1.82) is 0 Å². The lowest BCUT2D eigenvalue weighted by Gasteiger charge is -2.15. The second-order valence-electron chi connectivity index (χ2n) is 6.06. The fourth-order valence-corrected chi connectivity index (χ4v) is 4.31. The molecule has 0 atom stereocenters. The summed E-state index contributed by atoms with van der Waals surface area (Å²) in [5.74, 6) is 0.237. The Morgan fingerprint density at radius 3 is 2.19 bits per heavy atom. The molecule has 1 fully saturated rings. The minimum Gasteiger partial charge on any atom is -0.497 e. The molecule has 3 rings (SSSR count). The Hall–Kier alpha value is -2.38. The highest BCUT2D eigenvalue weighted by Gasteiger charge is 2.27. The van der Waals surface area contributed by atoms with Gasteiger partial charge in [-0.05, 0) is 54.8 Å². The quantitative estimate of drug-likeness (QED) is 0.726. The van der Waals surface area contributed by atoms with Gasteiger partial charge in [-0.25, -0.2) is 13.2 Å². The van der Waals surface area contributed by atoms with Gasteiger partial charge in [-0.3, -0.25) is 0 Å². The SMILES string of the molecule is COc1ccc(COC(=O)c2ccc(S(=O)(=O)N3CCCC3)cc2)cc1. The number of methoxy groups -OCH3 is 1. The lowest BCUT2D eigenvalue weighted by Crippen LogP contribution is -2.27. The van der Waals surface area contributed by atoms with Gasteiger partial charge in [0, 0.05) is 13.1 Å². The molecule has 7 heteroatoms. The fourth-order valence-electron chi connectivity index (χ4n) is 2.79. The molecule has 2 aromatic carbocycles. The van der Waals surface area contributed by atoms with E-state index in [9.17, 15) is 13.2 Å². The topological polar surface area (TPSA) is 72.9 Å². The first-order valence-electron chi connectivity index (χ1n) is 8.41. The van der Waals surface area contributed by atoms with Gasteiger partial charge < -0.3 is 9.47 Å². The number of rotatable bonds is 6. The van der Waals surface area contributed by atoms with E-state index in [2.05, 4.69) is 0 Å². The molecule has 2 aromatic rings. The summed E-state index contributed by atoms with van der Waals surface area (Å²) in [6, 6.07) is 13.1. The number of hydrogen-bond acceptors (Lipinski definition) is 5. The van der Waals surface area contributed by atoms with Crippen LogP contribution in [0.2, 0.25) is 0 Å². The summed E-state index contributed by atoms with van der Waals surface area (Å²) in [5, 5.41) is 0. The smallest absolute Gasteiger partial charge is 0.338 e. The minimum atomic E-state index is -3.47. The third-order valence-corrected chi connectivity index (χ3v) is 6.23. The van der Waals surface area contributed by atoms with E-state index < -0.39 is 16.0 Å². The first kappa shape index (κ1) is 18.4. The van der Waals surface area contributed by atoms with Crippen molar-refractivity contribution >= 4 is 16.0 Å². The molecule has 0 bridgehead atoms. The normalized spacial score (nSPS) is 15.0. The maximum Gasteiger partial charge on any atom is 0.338 e. The van der Waals surface area contributed by atoms with Gasteiger partial charge in [-0.2, -0.15) is 4.31 Å². The van der Waals surface area contributed by atoms with Gasteiger partial charge in [-0.15, -0.1) is 0 Å². The van der Waals surface area contributed by atoms with Crippen molar-refractivity contribution in [3.63, 3.8) is 0 Å². The lowest BCUT2D eigenvalue weighted by atomic mass is 10.2. The maximum atomic E-state index is 12.5. The van der Waals surface area contributed by atoms with Crippen molar-refractivity contribution in [1.82, 2.24) is 4.31 Å². The number of benzene rings is 2. The standard InChI is InChI=1S/C19H21NO5S/c1-24-17-8-4-15(5-9-17)14-25-19(21)16-6-10-18(11-7-16)26(22,23)20-12-2-3-13-20/h4-11H,2-3,12-14H2,1H3. The Balaban J connectivity index is 1.63. The van der Waals surface area contributed by atoms with Gasteiger partial charge in [0.05, 0.1) is 17.6 Å². The molecule has 0 saturated carbocycles. The van der Waals surface area contributed by atoms with Gasteiger partial charge in [0.25, 0.3) is 0 Å². The van der Waals surface area contributed by atoms with Crippen molar-refractivity contribution in [3.05, 3.63) is 59.7 Å². The second-order valence-corrected chi connectivity index (χ2v) is 8.00. The average Bonchev–Trinajstić information content (AvgIpc) is 3.22. The average molecular weight is 375 g/mol. The largest absolute Gasteiger partial charge is 0.497 e. The van der Waals surface area contributed by atoms with Crippen molar-refractivity contribution in [3.8, 4) is 5.75 Å². The first-order valence-corrected chi connectivity index (χ1v) is 9.85. The number of hydrogen-bond donors (Lipinski definition) is 0. The van der Waals surface area contributed by atoms with Crippen LogP contribution in [0.3, 0.4) is 0 Å². The molecule has 1 aliphatic rings. The van der Waals surface area contributed by atoms with E-state index in [1.807, 2.05) is 12.1 Å². The zero-order valence-corrected chi connectivity index (χ0v) is 15.4. The molecular formula is C19H21NO5S. The number of esters is 1. The van der Waals surface area contributed by atoms with Crippen molar-refractivity contribution in [2.45, 2.75) is 24.3 Å². The summed E-state index contributed by atoms with van der Waals surface area (Å²) >= 11 is 0. The molecule has 0 amide bonds. The molecule has 138 valence electrons. The second kappa shape index (κ2) is 7.88. The number of carbonyl (C=O) groups excluding carboxylic acids is 1. The summed E-state index contributed by atoms with van der Waals surface area (Å²) in [5.41, 5.74) is 1.16. The highest BCUT2D eigenvalue weighted by Crippen LogP contribution is 2.21. The summed E-state index contributed by atoms with van der Waals surface area (Å²) < 4.78 is 36.8. The number of nitrogens with zero attached hydrogens (tertiary/aromatic N) is 1. The molecule has 6 nitrogen and oxygen atoms in total. The third kappa shape index (κ3) is 4.05. The predicted molar refractivity (Wildman–Crippen MR) is 96.5 cm³/mol. The molecule has 26 heavy (non-hydrogen) atoms. The van der Waals surface area contributed by atoms with Crippen LogP contribution in [-0.2, 0) is 21.4 Å². The van der Waals surface area contributed by atoms with Gasteiger partial charge in [0.2, 0.25) is 10.0 Å². The monoisotopic (exact) mass is 375 g/mol. The van der Waals surface area contributed by atoms with Crippen LogP contribution >= 0.6 is 0 Å². The molecule has 0 aromatic heterocycles. The van der Waals surface area contributed by atoms with Crippen molar-refractivity contribution < 1.29 is 22.7 Å². The number of carbonyl (C=O) groups is 1. The highest BCUT2D eigenvalue weighted by atomic mass is 32.2. The predicted octanol–water partition coefficient (Wildman–Crippen LogP) is 2.84. The van der Waals surface area contributed by atoms with Crippen LogP contribution in [0.5, 0.6) is 5.75 Å². The van der Waals surface area contributed by atoms with Gasteiger partial charge in [0.15, 0.2) is 0 Å². The Morgan fingerprint density at radius 2 is 1.62 bits per heavy atom. The van der Waals surface area contributed by atoms with Crippen LogP contribution in [0.25, 0.3) is 0 Å². The maximum absolute atomic E-state index is 12.5. The van der Waals surface area contributed by atoms with Crippen molar-refractivity contribution in [2.75, 3.05) is 20.2 Å². The minimum absolute atomic E-state index is 0.136. The zero-order valence-electron chi connectivity index (χ0n) is 14.6. The molecule has 0 N–H and O–H groups in total. The summed E-state index contributed by atoms with van der Waals surface area (Å²) in [4.78, 5) is 12.4.